The lowest BCUT2D eigenvalue weighted by atomic mass is 10.1. The van der Waals surface area contributed by atoms with Crippen molar-refractivity contribution in [2.45, 2.75) is 32.4 Å². The minimum absolute atomic E-state index is 0.0430. The number of ether oxygens (including phenoxy) is 1. The zero-order valence-corrected chi connectivity index (χ0v) is 13.9. The lowest BCUT2D eigenvalue weighted by molar-refractivity contribution is -0.137. The number of halogens is 3. The van der Waals surface area contributed by atoms with Gasteiger partial charge in [-0.2, -0.15) is 13.2 Å². The van der Waals surface area contributed by atoms with E-state index in [1.165, 1.54) is 6.07 Å². The van der Waals surface area contributed by atoms with Gasteiger partial charge in [0.25, 0.3) is 0 Å². The summed E-state index contributed by atoms with van der Waals surface area (Å²) in [5, 5.41) is 2.53. The molecule has 1 amide bonds. The summed E-state index contributed by atoms with van der Waals surface area (Å²) in [6.45, 7) is 2.02. The van der Waals surface area contributed by atoms with Crippen molar-refractivity contribution in [1.82, 2.24) is 0 Å². The van der Waals surface area contributed by atoms with E-state index >= 15 is 0 Å². The molecule has 2 rings (SSSR count). The molecule has 0 unspecified atom stereocenters. The molecule has 0 atom stereocenters. The summed E-state index contributed by atoms with van der Waals surface area (Å²) in [5.74, 6) is -0.108. The number of alkyl halides is 3. The van der Waals surface area contributed by atoms with Gasteiger partial charge in [-0.15, -0.1) is 0 Å². The zero-order chi connectivity index (χ0) is 18.3. The van der Waals surface area contributed by atoms with Crippen LogP contribution < -0.4 is 10.1 Å². The van der Waals surface area contributed by atoms with Crippen molar-refractivity contribution in [3.05, 3.63) is 59.7 Å². The molecule has 0 aromatic heterocycles. The fraction of sp³-hybridized carbons (Fsp3) is 0.316. The van der Waals surface area contributed by atoms with Crippen molar-refractivity contribution in [3.63, 3.8) is 0 Å². The van der Waals surface area contributed by atoms with E-state index in [2.05, 4.69) is 5.32 Å². The summed E-state index contributed by atoms with van der Waals surface area (Å²) in [6.07, 6.45) is -2.91. The molecular formula is C19H20F3NO2. The monoisotopic (exact) mass is 351 g/mol. The summed E-state index contributed by atoms with van der Waals surface area (Å²) >= 11 is 0. The van der Waals surface area contributed by atoms with Crippen LogP contribution in [0.5, 0.6) is 5.75 Å². The highest BCUT2D eigenvalue weighted by atomic mass is 19.4. The molecule has 0 spiro atoms. The Morgan fingerprint density at radius 1 is 1.12 bits per heavy atom. The van der Waals surface area contributed by atoms with E-state index in [0.717, 1.165) is 24.1 Å². The van der Waals surface area contributed by atoms with Gasteiger partial charge in [-0.25, -0.2) is 0 Å². The minimum atomic E-state index is -4.47. The Kier molecular flexibility index (Phi) is 6.44. The van der Waals surface area contributed by atoms with Crippen LogP contribution in [0.15, 0.2) is 48.5 Å². The first kappa shape index (κ1) is 18.8. The van der Waals surface area contributed by atoms with Gasteiger partial charge in [0.1, 0.15) is 5.75 Å². The van der Waals surface area contributed by atoms with Gasteiger partial charge in [0.15, 0.2) is 0 Å². The van der Waals surface area contributed by atoms with E-state index in [9.17, 15) is 18.0 Å². The van der Waals surface area contributed by atoms with Crippen molar-refractivity contribution in [1.29, 1.82) is 0 Å². The summed E-state index contributed by atoms with van der Waals surface area (Å²) in [5.41, 5.74) is 0.335. The number of hydrogen-bond donors (Lipinski definition) is 1. The number of aryl methyl sites for hydroxylation is 1. The van der Waals surface area contributed by atoms with Gasteiger partial charge in [0.05, 0.1) is 17.9 Å². The Bertz CT molecular complexity index is 700. The topological polar surface area (TPSA) is 38.3 Å². The second kappa shape index (κ2) is 8.55. The van der Waals surface area contributed by atoms with Gasteiger partial charge in [-0.05, 0) is 43.5 Å². The first-order valence-electron chi connectivity index (χ1n) is 8.08. The van der Waals surface area contributed by atoms with Gasteiger partial charge in [-0.3, -0.25) is 4.79 Å². The van der Waals surface area contributed by atoms with E-state index < -0.39 is 11.7 Å². The van der Waals surface area contributed by atoms with Crippen LogP contribution in [0.1, 0.15) is 30.9 Å². The molecule has 3 nitrogen and oxygen atoms in total. The zero-order valence-electron chi connectivity index (χ0n) is 13.9. The molecule has 0 bridgehead atoms. The molecular weight excluding hydrogens is 331 g/mol. The largest absolute Gasteiger partial charge is 0.492 e. The van der Waals surface area contributed by atoms with Crippen LogP contribution in [0.25, 0.3) is 0 Å². The summed E-state index contributed by atoms with van der Waals surface area (Å²) < 4.78 is 43.9. The molecule has 0 saturated carbocycles. The summed E-state index contributed by atoms with van der Waals surface area (Å²) in [7, 11) is 0. The second-order valence-electron chi connectivity index (χ2n) is 5.53. The molecule has 0 aliphatic heterocycles. The molecule has 0 saturated heterocycles. The normalized spacial score (nSPS) is 11.2. The van der Waals surface area contributed by atoms with Crippen LogP contribution in [-0.4, -0.2) is 12.5 Å². The molecule has 25 heavy (non-hydrogen) atoms. The Hall–Kier alpha value is -2.50. The van der Waals surface area contributed by atoms with E-state index in [-0.39, 0.29) is 23.8 Å². The van der Waals surface area contributed by atoms with Crippen LogP contribution in [0.4, 0.5) is 18.9 Å². The predicted molar refractivity (Wildman–Crippen MR) is 90.6 cm³/mol. The Morgan fingerprint density at radius 2 is 1.84 bits per heavy atom. The molecule has 1 N–H and O–H groups in total. The lowest BCUT2D eigenvalue weighted by Gasteiger charge is -2.14. The molecule has 6 heteroatoms. The summed E-state index contributed by atoms with van der Waals surface area (Å²) in [4.78, 5) is 12.1. The van der Waals surface area contributed by atoms with Crippen molar-refractivity contribution in [3.8, 4) is 5.75 Å². The number of hydrogen-bond acceptors (Lipinski definition) is 2. The fourth-order valence-electron chi connectivity index (χ4n) is 2.40. The van der Waals surface area contributed by atoms with Gasteiger partial charge in [0, 0.05) is 6.42 Å². The second-order valence-corrected chi connectivity index (χ2v) is 5.53. The third kappa shape index (κ3) is 5.81. The number of rotatable bonds is 7. The minimum Gasteiger partial charge on any atom is -0.492 e. The molecule has 0 fully saturated rings. The van der Waals surface area contributed by atoms with Crippen LogP contribution in [0.2, 0.25) is 0 Å². The molecule has 0 heterocycles. The van der Waals surface area contributed by atoms with Gasteiger partial charge < -0.3 is 10.1 Å². The number of anilines is 1. The molecule has 0 aliphatic rings. The van der Waals surface area contributed by atoms with Crippen molar-refractivity contribution < 1.29 is 22.7 Å². The van der Waals surface area contributed by atoms with E-state index in [1.807, 2.05) is 30.3 Å². The summed E-state index contributed by atoms with van der Waals surface area (Å²) in [6, 6.07) is 12.8. The highest BCUT2D eigenvalue weighted by Gasteiger charge is 2.31. The van der Waals surface area contributed by atoms with Crippen LogP contribution in [0, 0.1) is 0 Å². The maximum Gasteiger partial charge on any atom is 0.416 e. The molecule has 2 aromatic rings. The SMILES string of the molecule is CCOc1ccc(C(F)(F)F)cc1NC(=O)CCCc1ccccc1. The maximum atomic E-state index is 12.9. The third-order valence-electron chi connectivity index (χ3n) is 3.59. The van der Waals surface area contributed by atoms with Crippen molar-refractivity contribution in [2.24, 2.45) is 0 Å². The molecule has 2 aromatic carbocycles. The molecule has 0 aliphatic carbocycles. The number of carbonyl (C=O) groups excluding carboxylic acids is 1. The van der Waals surface area contributed by atoms with Crippen molar-refractivity contribution in [2.75, 3.05) is 11.9 Å². The third-order valence-corrected chi connectivity index (χ3v) is 3.59. The van der Waals surface area contributed by atoms with Crippen LogP contribution in [-0.2, 0) is 17.4 Å². The molecule has 0 radical (unpaired) electrons. The average molecular weight is 351 g/mol. The lowest BCUT2D eigenvalue weighted by Crippen LogP contribution is -2.14. The van der Waals surface area contributed by atoms with Gasteiger partial charge in [-0.1, -0.05) is 30.3 Å². The van der Waals surface area contributed by atoms with Crippen LogP contribution in [0.3, 0.4) is 0 Å². The van der Waals surface area contributed by atoms with Gasteiger partial charge in [0.2, 0.25) is 5.91 Å². The maximum absolute atomic E-state index is 12.9. The highest BCUT2D eigenvalue weighted by molar-refractivity contribution is 5.92. The predicted octanol–water partition coefficient (Wildman–Crippen LogP) is 5.07. The van der Waals surface area contributed by atoms with Gasteiger partial charge >= 0.3 is 6.18 Å². The highest BCUT2D eigenvalue weighted by Crippen LogP contribution is 2.35. The number of nitrogens with one attached hydrogen (secondary N) is 1. The average Bonchev–Trinajstić information content (AvgIpc) is 2.56. The molecule has 134 valence electrons. The number of carbonyl (C=O) groups is 1. The number of amides is 1. The van der Waals surface area contributed by atoms with Crippen LogP contribution >= 0.6 is 0 Å². The quantitative estimate of drug-likeness (QED) is 0.757. The Balaban J connectivity index is 2.00. The van der Waals surface area contributed by atoms with Crippen molar-refractivity contribution >= 4 is 11.6 Å². The number of benzene rings is 2. The first-order valence-corrected chi connectivity index (χ1v) is 8.08. The fourth-order valence-corrected chi connectivity index (χ4v) is 2.40. The van der Waals surface area contributed by atoms with E-state index in [0.29, 0.717) is 13.0 Å². The van der Waals surface area contributed by atoms with E-state index in [1.54, 1.807) is 6.92 Å². The smallest absolute Gasteiger partial charge is 0.416 e. The standard InChI is InChI=1S/C19H20F3NO2/c1-2-25-17-12-11-15(19(20,21)22)13-16(17)23-18(24)10-6-9-14-7-4-3-5-8-14/h3-5,7-8,11-13H,2,6,9-10H2,1H3,(H,23,24). The Morgan fingerprint density at radius 3 is 2.48 bits per heavy atom. The van der Waals surface area contributed by atoms with E-state index in [4.69, 9.17) is 4.74 Å². The Labute approximate surface area is 144 Å². The first-order chi connectivity index (χ1) is 11.9.